The lowest BCUT2D eigenvalue weighted by Gasteiger charge is -2.32. The van der Waals surface area contributed by atoms with Crippen LogP contribution in [0.3, 0.4) is 0 Å². The molecule has 4 rings (SSSR count). The number of amides is 1. The van der Waals surface area contributed by atoms with Crippen LogP contribution in [0.1, 0.15) is 18.4 Å². The number of aromatic nitrogens is 6. The van der Waals surface area contributed by atoms with Crippen molar-refractivity contribution in [1.82, 2.24) is 30.6 Å². The van der Waals surface area contributed by atoms with Crippen molar-refractivity contribution >= 4 is 46.7 Å². The number of benzene rings is 1. The Morgan fingerprint density at radius 2 is 2.18 bits per heavy atom. The Kier molecular flexibility index (Phi) is 7.40. The van der Waals surface area contributed by atoms with Gasteiger partial charge in [0.05, 0.1) is 13.0 Å². The number of nitrogens with one attached hydrogen (secondary N) is 3. The molecule has 0 spiro atoms. The first-order valence-corrected chi connectivity index (χ1v) is 11.2. The van der Waals surface area contributed by atoms with E-state index in [1.807, 2.05) is 18.2 Å². The fraction of sp³-hybridized carbons (Fsp3) is 0.400. The Bertz CT molecular complexity index is 1100. The van der Waals surface area contributed by atoms with E-state index in [1.165, 1.54) is 7.11 Å². The second-order valence-electron chi connectivity index (χ2n) is 7.52. The van der Waals surface area contributed by atoms with Gasteiger partial charge in [-0.2, -0.15) is 15.2 Å². The average molecular weight is 492 g/mol. The van der Waals surface area contributed by atoms with Crippen LogP contribution in [0.15, 0.2) is 24.3 Å². The van der Waals surface area contributed by atoms with Crippen LogP contribution in [0.2, 0.25) is 10.0 Å². The van der Waals surface area contributed by atoms with Gasteiger partial charge in [-0.15, -0.1) is 5.10 Å². The molecule has 1 unspecified atom stereocenters. The molecule has 1 atom stereocenters. The minimum Gasteiger partial charge on any atom is -0.467 e. The van der Waals surface area contributed by atoms with Crippen LogP contribution in [-0.2, 0) is 11.2 Å². The van der Waals surface area contributed by atoms with Crippen molar-refractivity contribution < 1.29 is 9.53 Å². The highest BCUT2D eigenvalue weighted by Crippen LogP contribution is 2.26. The van der Waals surface area contributed by atoms with Gasteiger partial charge in [0, 0.05) is 35.7 Å². The highest BCUT2D eigenvalue weighted by molar-refractivity contribution is 6.35. The predicted molar refractivity (Wildman–Crippen MR) is 125 cm³/mol. The van der Waals surface area contributed by atoms with Crippen molar-refractivity contribution in [2.75, 3.05) is 42.3 Å². The van der Waals surface area contributed by atoms with Gasteiger partial charge < -0.3 is 15.0 Å². The van der Waals surface area contributed by atoms with Gasteiger partial charge >= 0.3 is 6.01 Å². The summed E-state index contributed by atoms with van der Waals surface area (Å²) in [6.07, 6.45) is 2.30. The number of carbonyl (C=O) groups excluding carboxylic acids is 1. The Morgan fingerprint density at radius 1 is 1.30 bits per heavy atom. The van der Waals surface area contributed by atoms with Crippen molar-refractivity contribution in [3.8, 4) is 6.01 Å². The summed E-state index contributed by atoms with van der Waals surface area (Å²) in [5.41, 5.74) is 0.987. The molecular weight excluding hydrogens is 469 g/mol. The lowest BCUT2D eigenvalue weighted by molar-refractivity contribution is -0.120. The van der Waals surface area contributed by atoms with Crippen LogP contribution in [0.25, 0.3) is 0 Å². The Hall–Kier alpha value is -3.18. The first kappa shape index (κ1) is 23.0. The van der Waals surface area contributed by atoms with Crippen molar-refractivity contribution in [1.29, 1.82) is 0 Å². The molecule has 1 saturated heterocycles. The molecule has 13 heteroatoms. The van der Waals surface area contributed by atoms with Gasteiger partial charge in [-0.05, 0) is 42.2 Å². The molecule has 1 aliphatic heterocycles. The molecule has 33 heavy (non-hydrogen) atoms. The molecule has 0 radical (unpaired) electrons. The maximum Gasteiger partial charge on any atom is 0.320 e. The standard InChI is InChI=1S/C20H23Cl2N9O2/c1-33-20-24-16(23-7-6-12-4-5-14(21)9-15(12)22)10-17(25-20)31-8-2-3-13(11-31)18(32)26-19-27-29-30-28-19/h4-5,9-10,13H,2-3,6-8,11H2,1H3,(H,23,24,25)(H2,26,27,28,29,30,32). The molecule has 1 aliphatic rings. The summed E-state index contributed by atoms with van der Waals surface area (Å²) in [5.74, 6) is 1.08. The fourth-order valence-corrected chi connectivity index (χ4v) is 4.14. The van der Waals surface area contributed by atoms with Crippen LogP contribution in [0.4, 0.5) is 17.6 Å². The number of tetrazole rings is 1. The quantitative estimate of drug-likeness (QED) is 0.434. The second-order valence-corrected chi connectivity index (χ2v) is 8.36. The molecule has 3 N–H and O–H groups in total. The molecule has 1 amide bonds. The maximum atomic E-state index is 12.6. The minimum atomic E-state index is -0.235. The number of carbonyl (C=O) groups is 1. The van der Waals surface area contributed by atoms with E-state index in [4.69, 9.17) is 27.9 Å². The first-order chi connectivity index (χ1) is 16.0. The molecule has 0 bridgehead atoms. The smallest absolute Gasteiger partial charge is 0.320 e. The third kappa shape index (κ3) is 5.99. The van der Waals surface area contributed by atoms with Crippen LogP contribution in [-0.4, -0.2) is 63.2 Å². The SMILES string of the molecule is COc1nc(NCCc2ccc(Cl)cc2Cl)cc(N2CCCC(C(=O)Nc3nn[nH]n3)C2)n1. The molecule has 1 fully saturated rings. The van der Waals surface area contributed by atoms with E-state index >= 15 is 0 Å². The third-order valence-corrected chi connectivity index (χ3v) is 5.87. The predicted octanol–water partition coefficient (Wildman–Crippen LogP) is 2.81. The molecule has 0 aliphatic carbocycles. The third-order valence-electron chi connectivity index (χ3n) is 5.29. The van der Waals surface area contributed by atoms with Crippen LogP contribution in [0.5, 0.6) is 6.01 Å². The maximum absolute atomic E-state index is 12.6. The summed E-state index contributed by atoms with van der Waals surface area (Å²) in [4.78, 5) is 23.5. The number of ether oxygens (including phenoxy) is 1. The average Bonchev–Trinajstić information content (AvgIpc) is 3.33. The number of hydrogen-bond donors (Lipinski definition) is 3. The van der Waals surface area contributed by atoms with Crippen molar-refractivity contribution in [2.24, 2.45) is 5.92 Å². The molecule has 3 aromatic rings. The molecule has 1 aromatic carbocycles. The van der Waals surface area contributed by atoms with Gasteiger partial charge in [-0.1, -0.05) is 34.4 Å². The first-order valence-electron chi connectivity index (χ1n) is 10.4. The summed E-state index contributed by atoms with van der Waals surface area (Å²) < 4.78 is 5.30. The number of piperidine rings is 1. The Labute approximate surface area is 200 Å². The molecule has 2 aromatic heterocycles. The van der Waals surface area contributed by atoms with E-state index in [2.05, 4.69) is 46.1 Å². The Morgan fingerprint density at radius 3 is 2.94 bits per heavy atom. The minimum absolute atomic E-state index is 0.152. The second kappa shape index (κ2) is 10.6. The number of anilines is 3. The molecular formula is C20H23Cl2N9O2. The van der Waals surface area contributed by atoms with Gasteiger partial charge in [0.15, 0.2) is 0 Å². The fourth-order valence-electron chi connectivity index (χ4n) is 3.63. The van der Waals surface area contributed by atoms with E-state index in [-0.39, 0.29) is 23.8 Å². The van der Waals surface area contributed by atoms with Gasteiger partial charge in [-0.25, -0.2) is 0 Å². The molecule has 3 heterocycles. The molecule has 174 valence electrons. The van der Waals surface area contributed by atoms with E-state index in [1.54, 1.807) is 6.07 Å². The van der Waals surface area contributed by atoms with E-state index < -0.39 is 0 Å². The van der Waals surface area contributed by atoms with Crippen LogP contribution < -0.4 is 20.3 Å². The number of nitrogens with zero attached hydrogens (tertiary/aromatic N) is 6. The zero-order valence-corrected chi connectivity index (χ0v) is 19.4. The summed E-state index contributed by atoms with van der Waals surface area (Å²) in [5, 5.41) is 20.5. The topological polar surface area (TPSA) is 134 Å². The zero-order chi connectivity index (χ0) is 23.2. The van der Waals surface area contributed by atoms with Crippen molar-refractivity contribution in [3.63, 3.8) is 0 Å². The number of hydrogen-bond acceptors (Lipinski definition) is 9. The summed E-state index contributed by atoms with van der Waals surface area (Å²) in [7, 11) is 1.52. The van der Waals surface area contributed by atoms with E-state index in [0.717, 1.165) is 24.9 Å². The Balaban J connectivity index is 1.41. The van der Waals surface area contributed by atoms with E-state index in [0.29, 0.717) is 41.2 Å². The van der Waals surface area contributed by atoms with Crippen LogP contribution >= 0.6 is 23.2 Å². The van der Waals surface area contributed by atoms with Gasteiger partial charge in [0.25, 0.3) is 5.95 Å². The monoisotopic (exact) mass is 491 g/mol. The normalized spacial score (nSPS) is 15.8. The lowest BCUT2D eigenvalue weighted by atomic mass is 9.97. The van der Waals surface area contributed by atoms with Crippen LogP contribution in [0, 0.1) is 5.92 Å². The summed E-state index contributed by atoms with van der Waals surface area (Å²) in [6, 6.07) is 7.55. The van der Waals surface area contributed by atoms with Gasteiger partial charge in [-0.3, -0.25) is 10.1 Å². The summed E-state index contributed by atoms with van der Waals surface area (Å²) >= 11 is 12.2. The number of aromatic amines is 1. The van der Waals surface area contributed by atoms with Gasteiger partial charge in [0.1, 0.15) is 11.6 Å². The highest BCUT2D eigenvalue weighted by atomic mass is 35.5. The molecule has 11 nitrogen and oxygen atoms in total. The van der Waals surface area contributed by atoms with E-state index in [9.17, 15) is 4.79 Å². The number of H-pyrrole nitrogens is 1. The highest BCUT2D eigenvalue weighted by Gasteiger charge is 2.28. The number of halogens is 2. The number of rotatable bonds is 8. The summed E-state index contributed by atoms with van der Waals surface area (Å²) in [6.45, 7) is 1.88. The van der Waals surface area contributed by atoms with Gasteiger partial charge in [0.2, 0.25) is 5.91 Å². The lowest BCUT2D eigenvalue weighted by Crippen LogP contribution is -2.41. The molecule has 0 saturated carbocycles. The largest absolute Gasteiger partial charge is 0.467 e. The number of methoxy groups -OCH3 is 1. The zero-order valence-electron chi connectivity index (χ0n) is 17.9. The van der Waals surface area contributed by atoms with Crippen molar-refractivity contribution in [3.05, 3.63) is 39.9 Å². The van der Waals surface area contributed by atoms with Crippen molar-refractivity contribution in [2.45, 2.75) is 19.3 Å².